The maximum absolute atomic E-state index is 12.0. The van der Waals surface area contributed by atoms with Gasteiger partial charge in [0.15, 0.2) is 11.5 Å². The highest BCUT2D eigenvalue weighted by Gasteiger charge is 2.07. The molecule has 5 heteroatoms. The number of aryl methyl sites for hydroxylation is 1. The van der Waals surface area contributed by atoms with E-state index in [0.717, 1.165) is 5.56 Å². The number of amides is 2. The molecule has 0 fully saturated rings. The van der Waals surface area contributed by atoms with E-state index in [0.29, 0.717) is 30.3 Å². The van der Waals surface area contributed by atoms with Gasteiger partial charge in [-0.2, -0.15) is 0 Å². The molecule has 5 nitrogen and oxygen atoms in total. The van der Waals surface area contributed by atoms with Gasteiger partial charge >= 0.3 is 6.03 Å². The van der Waals surface area contributed by atoms with Crippen molar-refractivity contribution in [3.63, 3.8) is 0 Å². The van der Waals surface area contributed by atoms with Crippen molar-refractivity contribution in [1.29, 1.82) is 0 Å². The minimum absolute atomic E-state index is 0.265. The van der Waals surface area contributed by atoms with Gasteiger partial charge in [0, 0.05) is 18.3 Å². The summed E-state index contributed by atoms with van der Waals surface area (Å²) in [4.78, 5) is 12.0. The van der Waals surface area contributed by atoms with Gasteiger partial charge in [0.1, 0.15) is 0 Å². The Morgan fingerprint density at radius 1 is 1.13 bits per heavy atom. The average molecular weight is 314 g/mol. The van der Waals surface area contributed by atoms with Gasteiger partial charge in [0.2, 0.25) is 0 Å². The molecule has 0 atom stereocenters. The van der Waals surface area contributed by atoms with E-state index in [4.69, 9.17) is 9.47 Å². The average Bonchev–Trinajstić information content (AvgIpc) is 2.54. The fraction of sp³-hybridized carbons (Fsp3) is 0.278. The van der Waals surface area contributed by atoms with Crippen molar-refractivity contribution in [1.82, 2.24) is 5.32 Å². The number of ether oxygens (including phenoxy) is 2. The number of benzene rings is 2. The molecular weight excluding hydrogens is 292 g/mol. The molecule has 0 spiro atoms. The lowest BCUT2D eigenvalue weighted by Crippen LogP contribution is -2.28. The van der Waals surface area contributed by atoms with E-state index in [-0.39, 0.29) is 6.03 Å². The quantitative estimate of drug-likeness (QED) is 0.854. The maximum Gasteiger partial charge on any atom is 0.319 e. The third-order valence-corrected chi connectivity index (χ3v) is 3.26. The predicted octanol–water partition coefficient (Wildman–Crippen LogP) is 3.72. The molecule has 2 aromatic rings. The third-order valence-electron chi connectivity index (χ3n) is 3.26. The van der Waals surface area contributed by atoms with Crippen molar-refractivity contribution < 1.29 is 14.3 Å². The number of anilines is 1. The molecule has 0 aromatic heterocycles. The summed E-state index contributed by atoms with van der Waals surface area (Å²) >= 11 is 0. The number of methoxy groups -OCH3 is 1. The predicted molar refractivity (Wildman–Crippen MR) is 91.2 cm³/mol. The lowest BCUT2D eigenvalue weighted by Gasteiger charge is -2.12. The minimum atomic E-state index is -0.265. The maximum atomic E-state index is 12.0. The van der Waals surface area contributed by atoms with Crippen molar-refractivity contribution in [2.45, 2.75) is 20.4 Å². The fourth-order valence-corrected chi connectivity index (χ4v) is 2.20. The van der Waals surface area contributed by atoms with Crippen LogP contribution in [-0.2, 0) is 6.54 Å². The Labute approximate surface area is 136 Å². The minimum Gasteiger partial charge on any atom is -0.493 e. The van der Waals surface area contributed by atoms with Crippen LogP contribution >= 0.6 is 0 Å². The van der Waals surface area contributed by atoms with Crippen LogP contribution in [0.2, 0.25) is 0 Å². The summed E-state index contributed by atoms with van der Waals surface area (Å²) in [5.74, 6) is 1.24. The first-order chi connectivity index (χ1) is 11.1. The van der Waals surface area contributed by atoms with E-state index >= 15 is 0 Å². The zero-order valence-electron chi connectivity index (χ0n) is 13.7. The molecule has 0 aliphatic heterocycles. The lowest BCUT2D eigenvalue weighted by atomic mass is 10.1. The Hall–Kier alpha value is -2.69. The summed E-state index contributed by atoms with van der Waals surface area (Å²) in [5.41, 5.74) is 2.88. The molecule has 2 amide bonds. The molecule has 122 valence electrons. The van der Waals surface area contributed by atoms with Crippen LogP contribution in [0.4, 0.5) is 10.5 Å². The first kappa shape index (κ1) is 16.7. The molecule has 2 N–H and O–H groups in total. The number of carbonyl (C=O) groups is 1. The van der Waals surface area contributed by atoms with Gasteiger partial charge in [-0.1, -0.05) is 29.8 Å². The number of urea groups is 1. The van der Waals surface area contributed by atoms with Gasteiger partial charge in [-0.15, -0.1) is 0 Å². The number of nitrogens with one attached hydrogen (secondary N) is 2. The number of carbonyl (C=O) groups excluding carboxylic acids is 1. The van der Waals surface area contributed by atoms with Gasteiger partial charge in [-0.25, -0.2) is 4.79 Å². The van der Waals surface area contributed by atoms with Crippen molar-refractivity contribution in [2.75, 3.05) is 19.0 Å². The summed E-state index contributed by atoms with van der Waals surface area (Å²) in [6, 6.07) is 13.0. The molecule has 0 aliphatic carbocycles. The van der Waals surface area contributed by atoms with Crippen LogP contribution < -0.4 is 20.1 Å². The molecule has 2 rings (SSSR count). The van der Waals surface area contributed by atoms with Crippen molar-refractivity contribution in [3.05, 3.63) is 53.6 Å². The Kier molecular flexibility index (Phi) is 5.86. The second-order valence-electron chi connectivity index (χ2n) is 5.10. The highest BCUT2D eigenvalue weighted by molar-refractivity contribution is 5.89. The summed E-state index contributed by atoms with van der Waals surface area (Å²) in [6.45, 7) is 4.92. The lowest BCUT2D eigenvalue weighted by molar-refractivity contribution is 0.251. The van der Waals surface area contributed by atoms with Crippen LogP contribution in [0.15, 0.2) is 42.5 Å². The zero-order valence-corrected chi connectivity index (χ0v) is 13.7. The molecule has 0 saturated carbocycles. The molecule has 0 bridgehead atoms. The van der Waals surface area contributed by atoms with Crippen LogP contribution in [0.25, 0.3) is 0 Å². The van der Waals surface area contributed by atoms with Crippen molar-refractivity contribution in [2.24, 2.45) is 0 Å². The van der Waals surface area contributed by atoms with E-state index in [9.17, 15) is 4.79 Å². The fourth-order valence-electron chi connectivity index (χ4n) is 2.20. The first-order valence-electron chi connectivity index (χ1n) is 7.53. The SMILES string of the molecule is CCOc1cc(NC(=O)NCc2cccc(C)c2)ccc1OC. The highest BCUT2D eigenvalue weighted by Crippen LogP contribution is 2.30. The summed E-state index contributed by atoms with van der Waals surface area (Å²) < 4.78 is 10.7. The molecule has 23 heavy (non-hydrogen) atoms. The molecule has 0 radical (unpaired) electrons. The Bertz CT molecular complexity index is 671. The monoisotopic (exact) mass is 314 g/mol. The normalized spacial score (nSPS) is 10.0. The van der Waals surface area contributed by atoms with E-state index < -0.39 is 0 Å². The largest absolute Gasteiger partial charge is 0.493 e. The standard InChI is InChI=1S/C18H22N2O3/c1-4-23-17-11-15(8-9-16(17)22-3)20-18(21)19-12-14-7-5-6-13(2)10-14/h5-11H,4,12H2,1-3H3,(H2,19,20,21). The zero-order chi connectivity index (χ0) is 16.7. The molecule has 0 unspecified atom stereocenters. The van der Waals surface area contributed by atoms with Gasteiger partial charge in [-0.05, 0) is 31.5 Å². The molecule has 0 saturated heterocycles. The van der Waals surface area contributed by atoms with E-state index in [2.05, 4.69) is 10.6 Å². The van der Waals surface area contributed by atoms with Gasteiger partial charge in [0.05, 0.1) is 13.7 Å². The Morgan fingerprint density at radius 3 is 2.65 bits per heavy atom. The molecule has 0 heterocycles. The van der Waals surface area contributed by atoms with Crippen LogP contribution in [0, 0.1) is 6.92 Å². The van der Waals surface area contributed by atoms with E-state index in [1.165, 1.54) is 5.56 Å². The van der Waals surface area contributed by atoms with E-state index in [1.807, 2.05) is 38.1 Å². The highest BCUT2D eigenvalue weighted by atomic mass is 16.5. The smallest absolute Gasteiger partial charge is 0.319 e. The molecule has 2 aromatic carbocycles. The van der Waals surface area contributed by atoms with Gasteiger partial charge < -0.3 is 20.1 Å². The molecule has 0 aliphatic rings. The Balaban J connectivity index is 1.95. The Morgan fingerprint density at radius 2 is 1.96 bits per heavy atom. The van der Waals surface area contributed by atoms with Crippen LogP contribution in [0.5, 0.6) is 11.5 Å². The van der Waals surface area contributed by atoms with Crippen LogP contribution in [0.3, 0.4) is 0 Å². The third kappa shape index (κ3) is 4.92. The van der Waals surface area contributed by atoms with Crippen LogP contribution in [0.1, 0.15) is 18.1 Å². The van der Waals surface area contributed by atoms with E-state index in [1.54, 1.807) is 25.3 Å². The van der Waals surface area contributed by atoms with Gasteiger partial charge in [-0.3, -0.25) is 0 Å². The van der Waals surface area contributed by atoms with Crippen molar-refractivity contribution in [3.8, 4) is 11.5 Å². The van der Waals surface area contributed by atoms with Crippen molar-refractivity contribution >= 4 is 11.7 Å². The van der Waals surface area contributed by atoms with Crippen LogP contribution in [-0.4, -0.2) is 19.7 Å². The summed E-state index contributed by atoms with van der Waals surface area (Å²) in [7, 11) is 1.58. The number of hydrogen-bond acceptors (Lipinski definition) is 3. The second kappa shape index (κ2) is 8.08. The summed E-state index contributed by atoms with van der Waals surface area (Å²) in [5, 5.41) is 5.62. The number of rotatable bonds is 6. The number of hydrogen-bond donors (Lipinski definition) is 2. The second-order valence-corrected chi connectivity index (χ2v) is 5.10. The van der Waals surface area contributed by atoms with Gasteiger partial charge in [0.25, 0.3) is 0 Å². The topological polar surface area (TPSA) is 59.6 Å². The first-order valence-corrected chi connectivity index (χ1v) is 7.53. The summed E-state index contributed by atoms with van der Waals surface area (Å²) in [6.07, 6.45) is 0. The molecular formula is C18H22N2O3.